The van der Waals surface area contributed by atoms with Crippen LogP contribution < -0.4 is 10.6 Å². The minimum absolute atomic E-state index is 0.0393. The van der Waals surface area contributed by atoms with Crippen LogP contribution in [0, 0.1) is 6.92 Å². The van der Waals surface area contributed by atoms with E-state index in [1.54, 1.807) is 11.3 Å². The lowest BCUT2D eigenvalue weighted by molar-refractivity contribution is 0.0951. The van der Waals surface area contributed by atoms with Gasteiger partial charge in [0.25, 0.3) is 5.91 Å². The molecular formula is C14H15N3OS. The molecule has 0 radical (unpaired) electrons. The Balaban J connectivity index is 1.67. The summed E-state index contributed by atoms with van der Waals surface area (Å²) in [5, 5.41) is 7.23. The van der Waals surface area contributed by atoms with Gasteiger partial charge in [-0.05, 0) is 31.0 Å². The molecule has 19 heavy (non-hydrogen) atoms. The third-order valence-electron chi connectivity index (χ3n) is 3.17. The molecule has 2 N–H and O–H groups in total. The number of carbonyl (C=O) groups excluding carboxylic acids is 1. The number of rotatable bonds is 3. The standard InChI is InChI=1S/C14H15N3OS/c1-9-16-7-12(19-9)8-17-14(18)11-3-2-10-4-5-15-13(10)6-11/h2-3,6-7,15H,4-5,8H2,1H3,(H,17,18). The van der Waals surface area contributed by atoms with Crippen molar-refractivity contribution in [1.29, 1.82) is 0 Å². The zero-order valence-electron chi connectivity index (χ0n) is 10.7. The van der Waals surface area contributed by atoms with E-state index < -0.39 is 0 Å². The topological polar surface area (TPSA) is 54.0 Å². The van der Waals surface area contributed by atoms with Crippen molar-refractivity contribution < 1.29 is 4.79 Å². The third-order valence-corrected chi connectivity index (χ3v) is 4.09. The number of fused-ring (bicyclic) bond motifs is 1. The van der Waals surface area contributed by atoms with E-state index in [1.165, 1.54) is 5.56 Å². The van der Waals surface area contributed by atoms with Gasteiger partial charge in [0, 0.05) is 28.9 Å². The molecule has 0 saturated carbocycles. The molecule has 5 heteroatoms. The van der Waals surface area contributed by atoms with Gasteiger partial charge < -0.3 is 10.6 Å². The third kappa shape index (κ3) is 2.61. The zero-order chi connectivity index (χ0) is 13.2. The van der Waals surface area contributed by atoms with Crippen LogP contribution in [0.3, 0.4) is 0 Å². The Morgan fingerprint density at radius 1 is 1.53 bits per heavy atom. The molecule has 0 atom stereocenters. The van der Waals surface area contributed by atoms with Gasteiger partial charge in [0.1, 0.15) is 0 Å². The Hall–Kier alpha value is -1.88. The molecule has 0 saturated heterocycles. The van der Waals surface area contributed by atoms with Gasteiger partial charge in [-0.2, -0.15) is 0 Å². The summed E-state index contributed by atoms with van der Waals surface area (Å²) in [6.45, 7) is 3.46. The van der Waals surface area contributed by atoms with Gasteiger partial charge in [-0.1, -0.05) is 6.07 Å². The van der Waals surface area contributed by atoms with Crippen LogP contribution >= 0.6 is 11.3 Å². The second-order valence-corrected chi connectivity index (χ2v) is 5.90. The van der Waals surface area contributed by atoms with Crippen molar-refractivity contribution in [3.05, 3.63) is 45.4 Å². The smallest absolute Gasteiger partial charge is 0.251 e. The number of nitrogens with zero attached hydrogens (tertiary/aromatic N) is 1. The zero-order valence-corrected chi connectivity index (χ0v) is 11.5. The number of nitrogens with one attached hydrogen (secondary N) is 2. The summed E-state index contributed by atoms with van der Waals surface area (Å²) in [6, 6.07) is 5.84. The average molecular weight is 273 g/mol. The molecule has 1 aromatic carbocycles. The molecule has 1 aliphatic heterocycles. The van der Waals surface area contributed by atoms with E-state index in [0.29, 0.717) is 12.1 Å². The van der Waals surface area contributed by atoms with Gasteiger partial charge in [-0.3, -0.25) is 4.79 Å². The SMILES string of the molecule is Cc1ncc(CNC(=O)c2ccc3c(c2)NCC3)s1. The van der Waals surface area contributed by atoms with Crippen molar-refractivity contribution in [2.24, 2.45) is 0 Å². The number of aryl methyl sites for hydroxylation is 1. The van der Waals surface area contributed by atoms with Crippen LogP contribution in [0.4, 0.5) is 5.69 Å². The van der Waals surface area contributed by atoms with E-state index in [-0.39, 0.29) is 5.91 Å². The van der Waals surface area contributed by atoms with Crippen molar-refractivity contribution in [2.45, 2.75) is 19.9 Å². The lowest BCUT2D eigenvalue weighted by Gasteiger charge is -2.06. The summed E-state index contributed by atoms with van der Waals surface area (Å²) < 4.78 is 0. The number of hydrogen-bond donors (Lipinski definition) is 2. The molecule has 0 spiro atoms. The highest BCUT2D eigenvalue weighted by molar-refractivity contribution is 7.11. The summed E-state index contributed by atoms with van der Waals surface area (Å²) in [5.41, 5.74) is 3.07. The van der Waals surface area contributed by atoms with Crippen LogP contribution in [0.25, 0.3) is 0 Å². The van der Waals surface area contributed by atoms with Gasteiger partial charge >= 0.3 is 0 Å². The van der Waals surface area contributed by atoms with Crippen molar-refractivity contribution in [2.75, 3.05) is 11.9 Å². The molecular weight excluding hydrogens is 258 g/mol. The number of anilines is 1. The minimum Gasteiger partial charge on any atom is -0.384 e. The highest BCUT2D eigenvalue weighted by Gasteiger charge is 2.13. The molecule has 2 heterocycles. The quantitative estimate of drug-likeness (QED) is 0.902. The molecule has 2 aromatic rings. The summed E-state index contributed by atoms with van der Waals surface area (Å²) >= 11 is 1.61. The largest absolute Gasteiger partial charge is 0.384 e. The summed E-state index contributed by atoms with van der Waals surface area (Å²) in [6.07, 6.45) is 2.85. The number of carbonyl (C=O) groups is 1. The Morgan fingerprint density at radius 2 is 2.42 bits per heavy atom. The maximum Gasteiger partial charge on any atom is 0.251 e. The molecule has 3 rings (SSSR count). The lowest BCUT2D eigenvalue weighted by atomic mass is 10.1. The number of thiazole rings is 1. The van der Waals surface area contributed by atoms with E-state index in [2.05, 4.69) is 15.6 Å². The summed E-state index contributed by atoms with van der Waals surface area (Å²) in [4.78, 5) is 17.3. The minimum atomic E-state index is -0.0393. The molecule has 4 nitrogen and oxygen atoms in total. The fourth-order valence-electron chi connectivity index (χ4n) is 2.19. The second kappa shape index (κ2) is 5.01. The predicted molar refractivity (Wildman–Crippen MR) is 76.7 cm³/mol. The molecule has 1 aromatic heterocycles. The fourth-order valence-corrected chi connectivity index (χ4v) is 2.92. The van der Waals surface area contributed by atoms with E-state index in [1.807, 2.05) is 31.3 Å². The van der Waals surface area contributed by atoms with Gasteiger partial charge in [-0.25, -0.2) is 4.98 Å². The molecule has 1 amide bonds. The number of aromatic nitrogens is 1. The monoisotopic (exact) mass is 273 g/mol. The highest BCUT2D eigenvalue weighted by atomic mass is 32.1. The van der Waals surface area contributed by atoms with Crippen LogP contribution in [0.5, 0.6) is 0 Å². The van der Waals surface area contributed by atoms with Crippen LogP contribution in [0.2, 0.25) is 0 Å². The lowest BCUT2D eigenvalue weighted by Crippen LogP contribution is -2.22. The van der Waals surface area contributed by atoms with Gasteiger partial charge in [0.05, 0.1) is 11.6 Å². The first-order valence-electron chi connectivity index (χ1n) is 6.29. The van der Waals surface area contributed by atoms with E-state index in [4.69, 9.17) is 0 Å². The first-order chi connectivity index (χ1) is 9.22. The fraction of sp³-hybridized carbons (Fsp3) is 0.286. The number of amides is 1. The average Bonchev–Trinajstić information content (AvgIpc) is 3.03. The van der Waals surface area contributed by atoms with Crippen LogP contribution in [-0.2, 0) is 13.0 Å². The van der Waals surface area contributed by atoms with Crippen molar-refractivity contribution in [1.82, 2.24) is 10.3 Å². The Bertz CT molecular complexity index is 621. The van der Waals surface area contributed by atoms with E-state index in [9.17, 15) is 4.79 Å². The van der Waals surface area contributed by atoms with Crippen molar-refractivity contribution in [3.63, 3.8) is 0 Å². The first kappa shape index (κ1) is 12.2. The molecule has 98 valence electrons. The van der Waals surface area contributed by atoms with Crippen molar-refractivity contribution >= 4 is 22.9 Å². The van der Waals surface area contributed by atoms with Gasteiger partial charge in [0.15, 0.2) is 0 Å². The number of hydrogen-bond acceptors (Lipinski definition) is 4. The van der Waals surface area contributed by atoms with E-state index in [0.717, 1.165) is 28.5 Å². The highest BCUT2D eigenvalue weighted by Crippen LogP contribution is 2.23. The maximum absolute atomic E-state index is 12.1. The first-order valence-corrected chi connectivity index (χ1v) is 7.10. The molecule has 0 bridgehead atoms. The Labute approximate surface area is 115 Å². The molecule has 0 fully saturated rings. The van der Waals surface area contributed by atoms with Gasteiger partial charge in [-0.15, -0.1) is 11.3 Å². The summed E-state index contributed by atoms with van der Waals surface area (Å²) in [5.74, 6) is -0.0393. The van der Waals surface area contributed by atoms with E-state index >= 15 is 0 Å². The van der Waals surface area contributed by atoms with Gasteiger partial charge in [0.2, 0.25) is 0 Å². The Kier molecular flexibility index (Phi) is 3.21. The second-order valence-electron chi connectivity index (χ2n) is 4.58. The Morgan fingerprint density at radius 3 is 3.21 bits per heavy atom. The van der Waals surface area contributed by atoms with Crippen LogP contribution in [0.1, 0.15) is 25.8 Å². The molecule has 1 aliphatic rings. The summed E-state index contributed by atoms with van der Waals surface area (Å²) in [7, 11) is 0. The van der Waals surface area contributed by atoms with Crippen LogP contribution in [0.15, 0.2) is 24.4 Å². The maximum atomic E-state index is 12.1. The molecule has 0 aliphatic carbocycles. The predicted octanol–water partition coefficient (Wildman–Crippen LogP) is 2.35. The van der Waals surface area contributed by atoms with Crippen molar-refractivity contribution in [3.8, 4) is 0 Å². The number of benzene rings is 1. The molecule has 0 unspecified atom stereocenters. The van der Waals surface area contributed by atoms with Crippen LogP contribution in [-0.4, -0.2) is 17.4 Å². The normalized spacial score (nSPS) is 12.9.